The molecule has 0 N–H and O–H groups in total. The first-order chi connectivity index (χ1) is 20.0. The van der Waals surface area contributed by atoms with Gasteiger partial charge in [0.1, 0.15) is 28.4 Å². The number of carbonyl (C=O) groups is 1. The van der Waals surface area contributed by atoms with Crippen molar-refractivity contribution >= 4 is 34.4 Å². The van der Waals surface area contributed by atoms with E-state index < -0.39 is 17.5 Å². The van der Waals surface area contributed by atoms with Gasteiger partial charge in [0.15, 0.2) is 11.0 Å². The van der Waals surface area contributed by atoms with Gasteiger partial charge in [-0.3, -0.25) is 9.80 Å². The normalized spacial score (nSPS) is 28.2. The average Bonchev–Trinajstić information content (AvgIpc) is 3.65. The van der Waals surface area contributed by atoms with Gasteiger partial charge in [-0.15, -0.1) is 0 Å². The molecule has 6 heterocycles. The van der Waals surface area contributed by atoms with Crippen molar-refractivity contribution in [2.24, 2.45) is 5.41 Å². The first-order valence-corrected chi connectivity index (χ1v) is 15.3. The Morgan fingerprint density at radius 1 is 1.17 bits per heavy atom. The molecular weight excluding hydrogens is 567 g/mol. The van der Waals surface area contributed by atoms with Crippen molar-refractivity contribution in [3.63, 3.8) is 0 Å². The maximum atomic E-state index is 15.5. The Morgan fingerprint density at radius 3 is 2.64 bits per heavy atom. The third-order valence-corrected chi connectivity index (χ3v) is 9.41. The molecular formula is C29H38ClFN6O5. The number of nitrogens with zero attached hydrogens (tertiary/aromatic N) is 6. The SMILES string of the molecule is C[C@@H]1Oc2nc(Cl)c(F)c3nc(OCC4(CN5CCOCC5)CC4)nc(c23)N2C[C@H]3CC[C@@H]([C@@H]12)N3C(=O)OC(C)(C)C. The summed E-state index contributed by atoms with van der Waals surface area (Å²) >= 11 is 6.25. The van der Waals surface area contributed by atoms with Gasteiger partial charge in [0.25, 0.3) is 0 Å². The lowest BCUT2D eigenvalue weighted by Gasteiger charge is -2.48. The van der Waals surface area contributed by atoms with E-state index in [0.29, 0.717) is 24.4 Å². The number of rotatable bonds is 5. The number of hydrogen-bond acceptors (Lipinski definition) is 10. The van der Waals surface area contributed by atoms with Gasteiger partial charge in [-0.25, -0.2) is 9.18 Å². The van der Waals surface area contributed by atoms with Gasteiger partial charge in [0.05, 0.1) is 37.9 Å². The number of ether oxygens (including phenoxy) is 4. The number of piperazine rings is 1. The van der Waals surface area contributed by atoms with E-state index in [4.69, 9.17) is 35.5 Å². The molecule has 4 atom stereocenters. The van der Waals surface area contributed by atoms with E-state index in [9.17, 15) is 4.79 Å². The molecule has 2 bridgehead atoms. The number of amides is 1. The van der Waals surface area contributed by atoms with Gasteiger partial charge in [0.2, 0.25) is 5.88 Å². The first-order valence-electron chi connectivity index (χ1n) is 15.0. The molecule has 0 spiro atoms. The molecule has 0 unspecified atom stereocenters. The highest BCUT2D eigenvalue weighted by Crippen LogP contribution is 2.48. The fourth-order valence-corrected chi connectivity index (χ4v) is 7.20. The van der Waals surface area contributed by atoms with Gasteiger partial charge >= 0.3 is 12.1 Å². The summed E-state index contributed by atoms with van der Waals surface area (Å²) in [6.07, 6.45) is 3.00. The minimum absolute atomic E-state index is 0.0257. The number of morpholine rings is 1. The molecule has 2 aromatic rings. The maximum absolute atomic E-state index is 15.5. The molecule has 13 heteroatoms. The van der Waals surface area contributed by atoms with Crippen LogP contribution in [0, 0.1) is 11.2 Å². The molecule has 2 aromatic heterocycles. The Hall–Kier alpha value is -2.70. The largest absolute Gasteiger partial charge is 0.472 e. The molecule has 1 saturated carbocycles. The quantitative estimate of drug-likeness (QED) is 0.465. The fourth-order valence-electron chi connectivity index (χ4n) is 7.03. The third-order valence-electron chi connectivity index (χ3n) is 9.16. The summed E-state index contributed by atoms with van der Waals surface area (Å²) in [5, 5.41) is 0.0567. The van der Waals surface area contributed by atoms with Crippen molar-refractivity contribution in [1.82, 2.24) is 24.8 Å². The predicted molar refractivity (Wildman–Crippen MR) is 153 cm³/mol. The van der Waals surface area contributed by atoms with Gasteiger partial charge < -0.3 is 23.8 Å². The number of halogens is 2. The van der Waals surface area contributed by atoms with Crippen molar-refractivity contribution in [1.29, 1.82) is 0 Å². The minimum Gasteiger partial charge on any atom is -0.472 e. The summed E-state index contributed by atoms with van der Waals surface area (Å²) in [5.41, 5.74) is -0.557. The zero-order valence-electron chi connectivity index (χ0n) is 24.6. The van der Waals surface area contributed by atoms with E-state index in [1.54, 1.807) is 0 Å². The number of pyridine rings is 1. The van der Waals surface area contributed by atoms with Crippen LogP contribution in [0.1, 0.15) is 53.4 Å². The highest BCUT2D eigenvalue weighted by molar-refractivity contribution is 6.30. The number of anilines is 1. The number of carbonyl (C=O) groups excluding carboxylic acids is 1. The molecule has 0 aromatic carbocycles. The first kappa shape index (κ1) is 28.1. The second-order valence-electron chi connectivity index (χ2n) is 13.4. The van der Waals surface area contributed by atoms with Crippen LogP contribution >= 0.6 is 11.6 Å². The van der Waals surface area contributed by atoms with Crippen molar-refractivity contribution in [2.45, 2.75) is 83.2 Å². The lowest BCUT2D eigenvalue weighted by molar-refractivity contribution is 0.000937. The third kappa shape index (κ3) is 4.98. The summed E-state index contributed by atoms with van der Waals surface area (Å²) in [6, 6.07) is -0.430. The van der Waals surface area contributed by atoms with E-state index in [2.05, 4.69) is 19.8 Å². The summed E-state index contributed by atoms with van der Waals surface area (Å²) in [5.74, 6) is -0.0462. The fraction of sp³-hybridized carbons (Fsp3) is 0.724. The van der Waals surface area contributed by atoms with Crippen LogP contribution in [0.3, 0.4) is 0 Å². The molecule has 1 aliphatic carbocycles. The van der Waals surface area contributed by atoms with Crippen LogP contribution in [0.15, 0.2) is 0 Å². The average molecular weight is 605 g/mol. The van der Waals surface area contributed by atoms with Gasteiger partial charge in [-0.1, -0.05) is 11.6 Å². The topological polar surface area (TPSA) is 102 Å². The smallest absolute Gasteiger partial charge is 0.410 e. The zero-order valence-corrected chi connectivity index (χ0v) is 25.3. The molecule has 0 radical (unpaired) electrons. The standard InChI is InChI=1S/C29H38ClFN6O5/c1-16-22-18-6-5-17(37(18)27(38)42-28(2,3)4)13-36(22)24-19-21(20(31)23(30)33-25(19)41-16)32-26(34-24)40-15-29(7-8-29)14-35-9-11-39-12-10-35/h16-18,22H,5-15H2,1-4H3/t16-,17+,18-,22+/m0/s1. The van der Waals surface area contributed by atoms with Gasteiger partial charge in [-0.05, 0) is 53.4 Å². The molecule has 1 amide bonds. The predicted octanol–water partition coefficient (Wildman–Crippen LogP) is 4.05. The van der Waals surface area contributed by atoms with Crippen LogP contribution in [0.4, 0.5) is 15.0 Å². The summed E-state index contributed by atoms with van der Waals surface area (Å²) < 4.78 is 39.4. The Bertz CT molecular complexity index is 1400. The van der Waals surface area contributed by atoms with E-state index in [0.717, 1.165) is 58.5 Å². The molecule has 228 valence electrons. The van der Waals surface area contributed by atoms with Crippen LogP contribution in [0.2, 0.25) is 5.15 Å². The minimum atomic E-state index is -0.733. The van der Waals surface area contributed by atoms with Gasteiger partial charge in [-0.2, -0.15) is 15.0 Å². The van der Waals surface area contributed by atoms with Crippen LogP contribution in [-0.2, 0) is 9.47 Å². The van der Waals surface area contributed by atoms with E-state index >= 15 is 4.39 Å². The Kier molecular flexibility index (Phi) is 6.82. The Labute approximate surface area is 249 Å². The maximum Gasteiger partial charge on any atom is 0.410 e. The Morgan fingerprint density at radius 2 is 1.93 bits per heavy atom. The lowest BCUT2D eigenvalue weighted by Crippen LogP contribution is -2.65. The van der Waals surface area contributed by atoms with Crippen LogP contribution in [-0.4, -0.2) is 107 Å². The van der Waals surface area contributed by atoms with Crippen molar-refractivity contribution in [3.05, 3.63) is 11.0 Å². The highest BCUT2D eigenvalue weighted by atomic mass is 35.5. The second-order valence-corrected chi connectivity index (χ2v) is 13.8. The summed E-state index contributed by atoms with van der Waals surface area (Å²) in [4.78, 5) is 33.4. The van der Waals surface area contributed by atoms with E-state index in [-0.39, 0.29) is 52.2 Å². The van der Waals surface area contributed by atoms with Crippen LogP contribution < -0.4 is 14.4 Å². The molecule has 42 heavy (non-hydrogen) atoms. The van der Waals surface area contributed by atoms with Crippen molar-refractivity contribution in [3.8, 4) is 11.9 Å². The monoisotopic (exact) mass is 604 g/mol. The number of aromatic nitrogens is 3. The molecule has 11 nitrogen and oxygen atoms in total. The van der Waals surface area contributed by atoms with Crippen molar-refractivity contribution < 1.29 is 28.1 Å². The lowest BCUT2D eigenvalue weighted by atomic mass is 9.98. The number of hydrogen-bond donors (Lipinski definition) is 0. The molecule has 4 fully saturated rings. The van der Waals surface area contributed by atoms with Crippen molar-refractivity contribution in [2.75, 3.05) is 50.9 Å². The summed E-state index contributed by atoms with van der Waals surface area (Å²) in [7, 11) is 0. The highest BCUT2D eigenvalue weighted by Gasteiger charge is 2.54. The Balaban J connectivity index is 1.23. The molecule has 7 rings (SSSR count). The van der Waals surface area contributed by atoms with Crippen LogP contribution in [0.5, 0.6) is 11.9 Å². The molecule has 4 aliphatic heterocycles. The zero-order chi connectivity index (χ0) is 29.4. The number of fused-ring (bicyclic) bond motifs is 5. The summed E-state index contributed by atoms with van der Waals surface area (Å²) in [6.45, 7) is 12.7. The van der Waals surface area contributed by atoms with Gasteiger partial charge in [0, 0.05) is 31.6 Å². The van der Waals surface area contributed by atoms with Crippen LogP contribution in [0.25, 0.3) is 10.9 Å². The van der Waals surface area contributed by atoms with E-state index in [1.807, 2.05) is 32.6 Å². The van der Waals surface area contributed by atoms with E-state index in [1.165, 1.54) is 0 Å². The molecule has 5 aliphatic rings. The second kappa shape index (κ2) is 10.2. The molecule has 3 saturated heterocycles.